The summed E-state index contributed by atoms with van der Waals surface area (Å²) in [6.45, 7) is 4.38. The van der Waals surface area contributed by atoms with E-state index < -0.39 is 5.82 Å². The van der Waals surface area contributed by atoms with E-state index in [1.165, 1.54) is 18.2 Å². The first kappa shape index (κ1) is 18.9. The fraction of sp³-hybridized carbons (Fsp3) is 0.286. The molecule has 1 aliphatic rings. The number of amides is 1. The highest BCUT2D eigenvalue weighted by Gasteiger charge is 2.21. The van der Waals surface area contributed by atoms with Crippen molar-refractivity contribution in [2.45, 2.75) is 26.3 Å². The summed E-state index contributed by atoms with van der Waals surface area (Å²) in [6, 6.07) is 11.0. The van der Waals surface area contributed by atoms with Crippen molar-refractivity contribution in [3.05, 3.63) is 59.7 Å². The third-order valence-electron chi connectivity index (χ3n) is 4.62. The molecule has 0 fully saturated rings. The summed E-state index contributed by atoms with van der Waals surface area (Å²) in [4.78, 5) is 18.8. The monoisotopic (exact) mass is 397 g/mol. The van der Waals surface area contributed by atoms with Gasteiger partial charge in [-0.25, -0.2) is 4.39 Å². The van der Waals surface area contributed by atoms with Gasteiger partial charge in [0, 0.05) is 30.1 Å². The smallest absolute Gasteiger partial charge is 0.254 e. The molecule has 2 heterocycles. The molecule has 150 valence electrons. The Hall–Kier alpha value is -3.42. The van der Waals surface area contributed by atoms with Gasteiger partial charge >= 0.3 is 0 Å². The van der Waals surface area contributed by atoms with Crippen LogP contribution in [0.4, 0.5) is 4.39 Å². The average molecular weight is 397 g/mol. The molecule has 1 aromatic heterocycles. The first-order valence-electron chi connectivity index (χ1n) is 9.30. The highest BCUT2D eigenvalue weighted by Crippen LogP contribution is 2.35. The first-order chi connectivity index (χ1) is 14.0. The number of aromatic nitrogens is 2. The van der Waals surface area contributed by atoms with Gasteiger partial charge in [-0.15, -0.1) is 0 Å². The van der Waals surface area contributed by atoms with Gasteiger partial charge in [-0.05, 0) is 50.2 Å². The molecule has 2 aromatic carbocycles. The van der Waals surface area contributed by atoms with E-state index in [0.29, 0.717) is 41.7 Å². The molecule has 0 radical (unpaired) electrons. The van der Waals surface area contributed by atoms with Crippen LogP contribution in [-0.4, -0.2) is 40.3 Å². The first-order valence-corrected chi connectivity index (χ1v) is 9.30. The summed E-state index contributed by atoms with van der Waals surface area (Å²) in [5, 5.41) is 4.01. The highest BCUT2D eigenvalue weighted by atomic mass is 19.1. The lowest BCUT2D eigenvalue weighted by Gasteiger charge is -2.26. The molecular weight excluding hydrogens is 377 g/mol. The summed E-state index contributed by atoms with van der Waals surface area (Å²) in [5.74, 6) is 1.49. The predicted molar refractivity (Wildman–Crippen MR) is 102 cm³/mol. The number of hydrogen-bond donors (Lipinski definition) is 0. The van der Waals surface area contributed by atoms with Crippen LogP contribution in [0.2, 0.25) is 0 Å². The van der Waals surface area contributed by atoms with E-state index in [1.54, 1.807) is 23.1 Å². The van der Waals surface area contributed by atoms with Crippen LogP contribution in [0.5, 0.6) is 11.5 Å². The maximum atomic E-state index is 13.5. The summed E-state index contributed by atoms with van der Waals surface area (Å²) in [5.41, 5.74) is 1.06. The van der Waals surface area contributed by atoms with Crippen LogP contribution in [0.25, 0.3) is 11.4 Å². The maximum Gasteiger partial charge on any atom is 0.254 e. The molecule has 8 heteroatoms. The summed E-state index contributed by atoms with van der Waals surface area (Å²) >= 11 is 0. The van der Waals surface area contributed by atoms with E-state index in [0.717, 1.165) is 5.56 Å². The van der Waals surface area contributed by atoms with E-state index in [1.807, 2.05) is 19.9 Å². The van der Waals surface area contributed by atoms with Crippen molar-refractivity contribution in [1.29, 1.82) is 0 Å². The van der Waals surface area contributed by atoms with Crippen LogP contribution in [0.15, 0.2) is 47.0 Å². The van der Waals surface area contributed by atoms with Crippen LogP contribution in [0, 0.1) is 5.82 Å². The van der Waals surface area contributed by atoms with E-state index in [9.17, 15) is 9.18 Å². The molecule has 3 aromatic rings. The number of ether oxygens (including phenoxy) is 2. The van der Waals surface area contributed by atoms with Gasteiger partial charge < -0.3 is 18.9 Å². The molecule has 0 N–H and O–H groups in total. The third kappa shape index (κ3) is 4.06. The standard InChI is InChI=1S/C21H20FN3O4/c1-13(2)25(21(26)15-4-3-5-16(22)10-15)9-8-19-23-20(24-29-19)14-6-7-17-18(11-14)28-12-27-17/h3-7,10-11,13H,8-9,12H2,1-2H3. The fourth-order valence-corrected chi connectivity index (χ4v) is 3.11. The van der Waals surface area contributed by atoms with Gasteiger partial charge in [0.05, 0.1) is 0 Å². The zero-order valence-corrected chi connectivity index (χ0v) is 16.1. The molecule has 0 unspecified atom stereocenters. The predicted octanol–water partition coefficient (Wildman–Crippen LogP) is 3.70. The minimum absolute atomic E-state index is 0.0676. The number of carbonyl (C=O) groups is 1. The number of halogens is 1. The minimum atomic E-state index is -0.440. The SMILES string of the molecule is CC(C)N(CCc1nc(-c2ccc3c(c2)OCO3)no1)C(=O)c1cccc(F)c1. The lowest BCUT2D eigenvalue weighted by atomic mass is 10.1. The molecule has 0 aliphatic carbocycles. The van der Waals surface area contributed by atoms with Crippen molar-refractivity contribution in [1.82, 2.24) is 15.0 Å². The molecule has 4 rings (SSSR count). The van der Waals surface area contributed by atoms with Gasteiger partial charge in [0.2, 0.25) is 18.5 Å². The van der Waals surface area contributed by atoms with Crippen molar-refractivity contribution in [2.24, 2.45) is 0 Å². The molecule has 0 spiro atoms. The van der Waals surface area contributed by atoms with E-state index >= 15 is 0 Å². The van der Waals surface area contributed by atoms with Gasteiger partial charge in [-0.3, -0.25) is 4.79 Å². The van der Waals surface area contributed by atoms with E-state index in [2.05, 4.69) is 10.1 Å². The number of hydrogen-bond acceptors (Lipinski definition) is 6. The molecule has 0 saturated carbocycles. The molecular formula is C21H20FN3O4. The van der Waals surface area contributed by atoms with Crippen LogP contribution in [0.1, 0.15) is 30.1 Å². The zero-order chi connectivity index (χ0) is 20.4. The Morgan fingerprint density at radius 1 is 1.17 bits per heavy atom. The highest BCUT2D eigenvalue weighted by molar-refractivity contribution is 5.94. The minimum Gasteiger partial charge on any atom is -0.454 e. The summed E-state index contributed by atoms with van der Waals surface area (Å²) in [7, 11) is 0. The molecule has 0 bridgehead atoms. The molecule has 0 saturated heterocycles. The van der Waals surface area contributed by atoms with Crippen LogP contribution < -0.4 is 9.47 Å². The Bertz CT molecular complexity index is 1030. The number of fused-ring (bicyclic) bond motifs is 1. The Morgan fingerprint density at radius 3 is 2.79 bits per heavy atom. The number of rotatable bonds is 6. The fourth-order valence-electron chi connectivity index (χ4n) is 3.11. The van der Waals surface area contributed by atoms with Gasteiger partial charge in [-0.1, -0.05) is 11.2 Å². The lowest BCUT2D eigenvalue weighted by Crippen LogP contribution is -2.38. The van der Waals surface area contributed by atoms with Crippen molar-refractivity contribution < 1.29 is 23.2 Å². The summed E-state index contributed by atoms with van der Waals surface area (Å²) < 4.78 is 29.5. The average Bonchev–Trinajstić information content (AvgIpc) is 3.36. The van der Waals surface area contributed by atoms with Gasteiger partial charge in [-0.2, -0.15) is 4.98 Å². The largest absolute Gasteiger partial charge is 0.454 e. The Kier molecular flexibility index (Phi) is 5.16. The van der Waals surface area contributed by atoms with Crippen LogP contribution in [0.3, 0.4) is 0 Å². The molecule has 7 nitrogen and oxygen atoms in total. The lowest BCUT2D eigenvalue weighted by molar-refractivity contribution is 0.0703. The van der Waals surface area contributed by atoms with Crippen molar-refractivity contribution in [3.8, 4) is 22.9 Å². The quantitative estimate of drug-likeness (QED) is 0.631. The molecule has 0 atom stereocenters. The number of carbonyl (C=O) groups excluding carboxylic acids is 1. The maximum absolute atomic E-state index is 13.5. The molecule has 1 amide bonds. The van der Waals surface area contributed by atoms with Crippen LogP contribution in [-0.2, 0) is 6.42 Å². The van der Waals surface area contributed by atoms with Crippen LogP contribution >= 0.6 is 0 Å². The second-order valence-corrected chi connectivity index (χ2v) is 6.93. The van der Waals surface area contributed by atoms with Crippen molar-refractivity contribution >= 4 is 5.91 Å². The normalized spacial score (nSPS) is 12.4. The third-order valence-corrected chi connectivity index (χ3v) is 4.62. The summed E-state index contributed by atoms with van der Waals surface area (Å²) in [6.07, 6.45) is 0.386. The second-order valence-electron chi connectivity index (χ2n) is 6.93. The van der Waals surface area contributed by atoms with Gasteiger partial charge in [0.15, 0.2) is 11.5 Å². The van der Waals surface area contributed by atoms with Crippen molar-refractivity contribution in [3.63, 3.8) is 0 Å². The Labute approximate surface area is 167 Å². The van der Waals surface area contributed by atoms with E-state index in [-0.39, 0.29) is 18.7 Å². The molecule has 1 aliphatic heterocycles. The molecule has 29 heavy (non-hydrogen) atoms. The zero-order valence-electron chi connectivity index (χ0n) is 16.1. The Morgan fingerprint density at radius 2 is 2.00 bits per heavy atom. The van der Waals surface area contributed by atoms with E-state index in [4.69, 9.17) is 14.0 Å². The topological polar surface area (TPSA) is 77.7 Å². The van der Waals surface area contributed by atoms with Crippen molar-refractivity contribution in [2.75, 3.05) is 13.3 Å². The Balaban J connectivity index is 1.45. The van der Waals surface area contributed by atoms with Gasteiger partial charge in [0.1, 0.15) is 5.82 Å². The second kappa shape index (κ2) is 7.90. The number of benzene rings is 2. The number of nitrogens with zero attached hydrogens (tertiary/aromatic N) is 3. The van der Waals surface area contributed by atoms with Gasteiger partial charge in [0.25, 0.3) is 5.91 Å².